The average Bonchev–Trinajstić information content (AvgIpc) is 2.86. The third-order valence-corrected chi connectivity index (χ3v) is 6.65. The highest BCUT2D eigenvalue weighted by Gasteiger charge is 2.59. The van der Waals surface area contributed by atoms with Crippen molar-refractivity contribution in [3.8, 4) is 28.7 Å². The number of alkyl halides is 3. The number of hydrogen-bond acceptors (Lipinski definition) is 5. The fourth-order valence-electron chi connectivity index (χ4n) is 4.11. The lowest BCUT2D eigenvalue weighted by atomic mass is 9.88. The van der Waals surface area contributed by atoms with E-state index in [0.29, 0.717) is 23.0 Å². The van der Waals surface area contributed by atoms with Gasteiger partial charge in [0.05, 0.1) is 0 Å². The number of halogens is 4. The van der Waals surface area contributed by atoms with Crippen LogP contribution >= 0.6 is 11.6 Å². The van der Waals surface area contributed by atoms with Gasteiger partial charge >= 0.3 is 6.18 Å². The number of ether oxygens (including phenoxy) is 1. The van der Waals surface area contributed by atoms with E-state index < -0.39 is 24.3 Å². The van der Waals surface area contributed by atoms with Crippen LogP contribution in [-0.4, -0.2) is 64.2 Å². The number of piperidine rings is 1. The highest BCUT2D eigenvalue weighted by Crippen LogP contribution is 2.38. The van der Waals surface area contributed by atoms with Crippen LogP contribution in [0.15, 0.2) is 60.8 Å². The van der Waals surface area contributed by atoms with Crippen molar-refractivity contribution in [3.05, 3.63) is 82.6 Å². The fourth-order valence-corrected chi connectivity index (χ4v) is 4.23. The molecule has 37 heavy (non-hydrogen) atoms. The summed E-state index contributed by atoms with van der Waals surface area (Å²) in [6.45, 7) is 2.17. The molecule has 2 heterocycles. The van der Waals surface area contributed by atoms with Crippen molar-refractivity contribution in [2.75, 3.05) is 26.2 Å². The summed E-state index contributed by atoms with van der Waals surface area (Å²) >= 11 is 5.94. The van der Waals surface area contributed by atoms with Gasteiger partial charge in [-0.1, -0.05) is 35.7 Å². The molecule has 0 radical (unpaired) electrons. The SMILES string of the molecule is Cc1cc(C#Cc2ccc(-c3ccc(Cl)cc3)cn2)ccc1OCCN1CC[C@@](O)(C(F)(F)F)[C@H](O)C1. The Morgan fingerprint density at radius 1 is 1.11 bits per heavy atom. The van der Waals surface area contributed by atoms with Gasteiger partial charge in [0.2, 0.25) is 0 Å². The summed E-state index contributed by atoms with van der Waals surface area (Å²) in [7, 11) is 0. The van der Waals surface area contributed by atoms with Gasteiger partial charge in [0, 0.05) is 48.4 Å². The summed E-state index contributed by atoms with van der Waals surface area (Å²) < 4.78 is 44.9. The molecule has 1 saturated heterocycles. The molecule has 1 fully saturated rings. The molecule has 5 nitrogen and oxygen atoms in total. The summed E-state index contributed by atoms with van der Waals surface area (Å²) in [5, 5.41) is 20.3. The first-order chi connectivity index (χ1) is 17.5. The minimum atomic E-state index is -4.87. The van der Waals surface area contributed by atoms with Crippen LogP contribution in [0.25, 0.3) is 11.1 Å². The van der Waals surface area contributed by atoms with E-state index in [2.05, 4.69) is 16.8 Å². The molecule has 0 unspecified atom stereocenters. The number of rotatable bonds is 5. The van der Waals surface area contributed by atoms with Crippen molar-refractivity contribution in [3.63, 3.8) is 0 Å². The standard InChI is InChI=1S/C28H26ClF3N2O3/c1-19-16-20(2-9-24-10-6-22(17-33-24)21-4-7-23(29)8-5-21)3-11-25(19)37-15-14-34-13-12-27(36,26(35)18-34)28(30,31)32/h3-8,10-11,16-17,26,35-36H,12-15,18H2,1H3/t26-,27+/m1/s1. The number of hydrogen-bond donors (Lipinski definition) is 2. The molecule has 2 aromatic carbocycles. The van der Waals surface area contributed by atoms with Crippen molar-refractivity contribution in [1.82, 2.24) is 9.88 Å². The maximum atomic E-state index is 13.0. The van der Waals surface area contributed by atoms with Gasteiger partial charge in [0.25, 0.3) is 0 Å². The first-order valence-corrected chi connectivity index (χ1v) is 12.1. The van der Waals surface area contributed by atoms with Gasteiger partial charge in [-0.25, -0.2) is 4.98 Å². The Balaban J connectivity index is 1.30. The molecule has 0 amide bonds. The van der Waals surface area contributed by atoms with Gasteiger partial charge < -0.3 is 14.9 Å². The minimum absolute atomic E-state index is 0.0126. The normalized spacial score (nSPS) is 20.2. The highest BCUT2D eigenvalue weighted by atomic mass is 35.5. The van der Waals surface area contributed by atoms with E-state index in [9.17, 15) is 23.4 Å². The molecule has 0 aliphatic carbocycles. The van der Waals surface area contributed by atoms with E-state index in [1.54, 1.807) is 17.2 Å². The number of aliphatic hydroxyl groups excluding tert-OH is 1. The summed E-state index contributed by atoms with van der Waals surface area (Å²) in [5.74, 6) is 6.78. The van der Waals surface area contributed by atoms with Gasteiger partial charge in [-0.3, -0.25) is 4.90 Å². The van der Waals surface area contributed by atoms with E-state index in [-0.39, 0.29) is 19.7 Å². The van der Waals surface area contributed by atoms with Crippen LogP contribution in [0.4, 0.5) is 13.2 Å². The van der Waals surface area contributed by atoms with Gasteiger partial charge in [0.15, 0.2) is 5.60 Å². The number of pyridine rings is 1. The van der Waals surface area contributed by atoms with E-state index in [1.165, 1.54) is 0 Å². The molecule has 0 spiro atoms. The van der Waals surface area contributed by atoms with Crippen LogP contribution < -0.4 is 4.74 Å². The van der Waals surface area contributed by atoms with Crippen LogP contribution in [0.3, 0.4) is 0 Å². The Morgan fingerprint density at radius 2 is 1.84 bits per heavy atom. The van der Waals surface area contributed by atoms with Crippen LogP contribution in [0.2, 0.25) is 5.02 Å². The Kier molecular flexibility index (Phi) is 8.10. The highest BCUT2D eigenvalue weighted by molar-refractivity contribution is 6.30. The second-order valence-corrected chi connectivity index (χ2v) is 9.44. The first-order valence-electron chi connectivity index (χ1n) is 11.7. The average molecular weight is 531 g/mol. The van der Waals surface area contributed by atoms with Crippen molar-refractivity contribution in [2.45, 2.75) is 31.2 Å². The van der Waals surface area contributed by atoms with Crippen LogP contribution in [-0.2, 0) is 0 Å². The maximum absolute atomic E-state index is 13.0. The topological polar surface area (TPSA) is 65.8 Å². The van der Waals surface area contributed by atoms with Gasteiger partial charge in [0.1, 0.15) is 24.2 Å². The number of nitrogens with zero attached hydrogens (tertiary/aromatic N) is 2. The fraction of sp³-hybridized carbons (Fsp3) is 0.321. The largest absolute Gasteiger partial charge is 0.492 e. The molecular formula is C28H26ClF3N2O3. The molecule has 4 rings (SSSR count). The first kappa shape index (κ1) is 27.0. The van der Waals surface area contributed by atoms with E-state index in [4.69, 9.17) is 16.3 Å². The third-order valence-electron chi connectivity index (χ3n) is 6.40. The predicted octanol–water partition coefficient (Wildman–Crippen LogP) is 4.85. The third kappa shape index (κ3) is 6.43. The summed E-state index contributed by atoms with van der Waals surface area (Å²) in [6.07, 6.45) is -5.58. The van der Waals surface area contributed by atoms with Crippen molar-refractivity contribution in [2.24, 2.45) is 0 Å². The zero-order valence-electron chi connectivity index (χ0n) is 20.1. The second-order valence-electron chi connectivity index (χ2n) is 9.01. The zero-order valence-corrected chi connectivity index (χ0v) is 20.9. The lowest BCUT2D eigenvalue weighted by Crippen LogP contribution is -2.63. The summed E-state index contributed by atoms with van der Waals surface area (Å²) in [5.41, 5.74) is 1.21. The molecular weight excluding hydrogens is 505 g/mol. The Hall–Kier alpha value is -3.09. The molecule has 2 atom stereocenters. The number of β-amino-alcohol motifs (C(OH)–C–C–N with tert-alkyl or cyclic N) is 1. The van der Waals surface area contributed by atoms with Gasteiger partial charge in [-0.05, 0) is 60.4 Å². The zero-order chi connectivity index (χ0) is 26.6. The van der Waals surface area contributed by atoms with Crippen LogP contribution in [0, 0.1) is 18.8 Å². The van der Waals surface area contributed by atoms with E-state index in [0.717, 1.165) is 22.3 Å². The lowest BCUT2D eigenvalue weighted by Gasteiger charge is -2.42. The molecule has 2 N–H and O–H groups in total. The number of aromatic nitrogens is 1. The van der Waals surface area contributed by atoms with Crippen molar-refractivity contribution < 1.29 is 28.1 Å². The summed E-state index contributed by atoms with van der Waals surface area (Å²) in [6, 6.07) is 16.8. The Morgan fingerprint density at radius 3 is 2.46 bits per heavy atom. The van der Waals surface area contributed by atoms with E-state index in [1.807, 2.05) is 55.5 Å². The predicted molar refractivity (Wildman–Crippen MR) is 135 cm³/mol. The molecule has 194 valence electrons. The lowest BCUT2D eigenvalue weighted by molar-refractivity contribution is -0.302. The van der Waals surface area contributed by atoms with Gasteiger partial charge in [-0.15, -0.1) is 0 Å². The molecule has 1 aliphatic heterocycles. The quantitative estimate of drug-likeness (QED) is 0.462. The summed E-state index contributed by atoms with van der Waals surface area (Å²) in [4.78, 5) is 6.06. The van der Waals surface area contributed by atoms with Crippen LogP contribution in [0.5, 0.6) is 5.75 Å². The number of aliphatic hydroxyl groups is 2. The minimum Gasteiger partial charge on any atom is -0.492 e. The van der Waals surface area contributed by atoms with Crippen molar-refractivity contribution in [1.29, 1.82) is 0 Å². The second kappa shape index (κ2) is 11.1. The number of aryl methyl sites for hydroxylation is 1. The Bertz CT molecular complexity index is 1290. The molecule has 9 heteroatoms. The maximum Gasteiger partial charge on any atom is 0.419 e. The van der Waals surface area contributed by atoms with Gasteiger partial charge in [-0.2, -0.15) is 13.2 Å². The van der Waals surface area contributed by atoms with Crippen LogP contribution in [0.1, 0.15) is 23.2 Å². The number of likely N-dealkylation sites (tertiary alicyclic amines) is 1. The molecule has 3 aromatic rings. The monoisotopic (exact) mass is 530 g/mol. The molecule has 1 aliphatic rings. The molecule has 0 saturated carbocycles. The van der Waals surface area contributed by atoms with Crippen molar-refractivity contribution >= 4 is 11.6 Å². The van der Waals surface area contributed by atoms with E-state index >= 15 is 0 Å². The molecule has 1 aromatic heterocycles. The number of benzene rings is 2. The molecule has 0 bridgehead atoms. The smallest absolute Gasteiger partial charge is 0.419 e. The Labute approximate surface area is 218 Å².